The Morgan fingerprint density at radius 2 is 1.77 bits per heavy atom. The zero-order valence-electron chi connectivity index (χ0n) is 14.0. The minimum atomic E-state index is -0.210. The van der Waals surface area contributed by atoms with Crippen molar-refractivity contribution in [3.8, 4) is 11.8 Å². The minimum Gasteiger partial charge on any atom is -0.462 e. The number of carbonyl (C=O) groups is 1. The zero-order valence-corrected chi connectivity index (χ0v) is 14.0. The minimum absolute atomic E-state index is 0.210. The summed E-state index contributed by atoms with van der Waals surface area (Å²) in [5, 5.41) is 0. The van der Waals surface area contributed by atoms with Gasteiger partial charge in [-0.2, -0.15) is 0 Å². The second-order valence-corrected chi connectivity index (χ2v) is 5.58. The molecular weight excluding hydrogens is 272 g/mol. The fraction of sp³-hybridized carbons (Fsp3) is 0.550. The number of rotatable bonds is 9. The van der Waals surface area contributed by atoms with Crippen LogP contribution in [-0.4, -0.2) is 12.6 Å². The maximum atomic E-state index is 11.8. The molecule has 0 heterocycles. The van der Waals surface area contributed by atoms with E-state index in [4.69, 9.17) is 4.74 Å². The van der Waals surface area contributed by atoms with Gasteiger partial charge >= 0.3 is 5.97 Å². The molecule has 0 aliphatic heterocycles. The van der Waals surface area contributed by atoms with Gasteiger partial charge in [0.2, 0.25) is 0 Å². The van der Waals surface area contributed by atoms with E-state index < -0.39 is 0 Å². The van der Waals surface area contributed by atoms with Crippen molar-refractivity contribution in [1.82, 2.24) is 0 Å². The van der Waals surface area contributed by atoms with Crippen LogP contribution in [0.4, 0.5) is 0 Å². The third-order valence-electron chi connectivity index (χ3n) is 3.48. The molecule has 0 N–H and O–H groups in total. The second-order valence-electron chi connectivity index (χ2n) is 5.58. The third kappa shape index (κ3) is 8.52. The summed E-state index contributed by atoms with van der Waals surface area (Å²) in [6.07, 6.45) is 8.98. The quantitative estimate of drug-likeness (QED) is 0.351. The van der Waals surface area contributed by atoms with Crippen molar-refractivity contribution < 1.29 is 9.53 Å². The van der Waals surface area contributed by atoms with Gasteiger partial charge in [0.15, 0.2) is 0 Å². The van der Waals surface area contributed by atoms with Crippen LogP contribution >= 0.6 is 0 Å². The first-order valence-electron chi connectivity index (χ1n) is 8.43. The van der Waals surface area contributed by atoms with Crippen LogP contribution < -0.4 is 0 Å². The lowest BCUT2D eigenvalue weighted by atomic mass is 10.1. The topological polar surface area (TPSA) is 26.3 Å². The summed E-state index contributed by atoms with van der Waals surface area (Å²) in [6, 6.07) is 7.53. The van der Waals surface area contributed by atoms with E-state index in [1.807, 2.05) is 25.1 Å². The predicted molar refractivity (Wildman–Crippen MR) is 91.8 cm³/mol. The number of ether oxygens (including phenoxy) is 1. The Balaban J connectivity index is 1.98. The predicted octanol–water partition coefficient (Wildman–Crippen LogP) is 5.30. The van der Waals surface area contributed by atoms with Crippen molar-refractivity contribution in [3.05, 3.63) is 35.4 Å². The molecule has 0 bridgehead atoms. The molecule has 22 heavy (non-hydrogen) atoms. The van der Waals surface area contributed by atoms with E-state index in [0.717, 1.165) is 31.2 Å². The van der Waals surface area contributed by atoms with E-state index in [0.29, 0.717) is 12.2 Å². The molecule has 0 atom stereocenters. The fourth-order valence-corrected chi connectivity index (χ4v) is 2.26. The molecule has 0 unspecified atom stereocenters. The van der Waals surface area contributed by atoms with Crippen molar-refractivity contribution in [1.29, 1.82) is 0 Å². The number of unbranched alkanes of at least 4 members (excludes halogenated alkanes) is 6. The molecule has 0 saturated heterocycles. The summed E-state index contributed by atoms with van der Waals surface area (Å²) in [4.78, 5) is 11.8. The Bertz CT molecular complexity index is 494. The largest absolute Gasteiger partial charge is 0.462 e. The molecule has 0 aromatic heterocycles. The average molecular weight is 300 g/mol. The van der Waals surface area contributed by atoms with Gasteiger partial charge in [-0.05, 0) is 31.9 Å². The monoisotopic (exact) mass is 300 g/mol. The van der Waals surface area contributed by atoms with Gasteiger partial charge in [-0.25, -0.2) is 4.79 Å². The molecule has 1 aromatic carbocycles. The van der Waals surface area contributed by atoms with Crippen LogP contribution in [0.3, 0.4) is 0 Å². The summed E-state index contributed by atoms with van der Waals surface area (Å²) in [7, 11) is 0. The van der Waals surface area contributed by atoms with Gasteiger partial charge in [-0.3, -0.25) is 0 Å². The van der Waals surface area contributed by atoms with Gasteiger partial charge in [0.1, 0.15) is 0 Å². The molecule has 0 fully saturated rings. The van der Waals surface area contributed by atoms with E-state index in [1.165, 1.54) is 25.7 Å². The van der Waals surface area contributed by atoms with Crippen molar-refractivity contribution in [2.24, 2.45) is 0 Å². The standard InChI is InChI=1S/C20H28O2/c1-3-4-5-6-7-8-9-10-11-12-16-22-20(21)19-15-13-14-18(2)17-19/h13-15,17H,3,6-12,16H2,1-2H3. The molecule has 1 aromatic rings. The number of aryl methyl sites for hydroxylation is 1. The van der Waals surface area contributed by atoms with Gasteiger partial charge < -0.3 is 4.74 Å². The smallest absolute Gasteiger partial charge is 0.338 e. The fourth-order valence-electron chi connectivity index (χ4n) is 2.26. The highest BCUT2D eigenvalue weighted by molar-refractivity contribution is 5.89. The molecule has 0 spiro atoms. The SMILES string of the molecule is CCC#CCCCCCCCCOC(=O)c1cccc(C)c1. The van der Waals surface area contributed by atoms with Gasteiger partial charge in [-0.1, -0.05) is 50.3 Å². The average Bonchev–Trinajstić information content (AvgIpc) is 2.52. The number of hydrogen-bond donors (Lipinski definition) is 0. The Morgan fingerprint density at radius 1 is 1.05 bits per heavy atom. The van der Waals surface area contributed by atoms with Gasteiger partial charge in [0.25, 0.3) is 0 Å². The molecule has 0 aliphatic rings. The normalized spacial score (nSPS) is 9.91. The first-order valence-corrected chi connectivity index (χ1v) is 8.43. The van der Waals surface area contributed by atoms with E-state index in [1.54, 1.807) is 6.07 Å². The van der Waals surface area contributed by atoms with Crippen LogP contribution in [0.15, 0.2) is 24.3 Å². The lowest BCUT2D eigenvalue weighted by Gasteiger charge is -2.05. The van der Waals surface area contributed by atoms with Crippen LogP contribution in [0.5, 0.6) is 0 Å². The zero-order chi connectivity index (χ0) is 16.0. The highest BCUT2D eigenvalue weighted by Gasteiger charge is 2.06. The second kappa shape index (κ2) is 11.9. The Labute approximate surface area is 135 Å². The summed E-state index contributed by atoms with van der Waals surface area (Å²) in [5.74, 6) is 6.06. The lowest BCUT2D eigenvalue weighted by molar-refractivity contribution is 0.0497. The van der Waals surface area contributed by atoms with Crippen LogP contribution in [0, 0.1) is 18.8 Å². The molecule has 0 amide bonds. The summed E-state index contributed by atoms with van der Waals surface area (Å²) in [6.45, 7) is 4.58. The number of esters is 1. The molecule has 2 heteroatoms. The van der Waals surface area contributed by atoms with Crippen molar-refractivity contribution >= 4 is 5.97 Å². The maximum absolute atomic E-state index is 11.8. The van der Waals surface area contributed by atoms with Crippen molar-refractivity contribution in [2.75, 3.05) is 6.61 Å². The molecule has 1 rings (SSSR count). The summed E-state index contributed by atoms with van der Waals surface area (Å²) < 4.78 is 5.30. The van der Waals surface area contributed by atoms with Crippen LogP contribution in [-0.2, 0) is 4.74 Å². The van der Waals surface area contributed by atoms with Crippen LogP contribution in [0.25, 0.3) is 0 Å². The van der Waals surface area contributed by atoms with E-state index in [-0.39, 0.29) is 5.97 Å². The van der Waals surface area contributed by atoms with E-state index >= 15 is 0 Å². The Hall–Kier alpha value is -1.75. The Morgan fingerprint density at radius 3 is 2.50 bits per heavy atom. The molecule has 0 saturated carbocycles. The highest BCUT2D eigenvalue weighted by Crippen LogP contribution is 2.09. The van der Waals surface area contributed by atoms with Crippen molar-refractivity contribution in [3.63, 3.8) is 0 Å². The first kappa shape index (κ1) is 18.3. The first-order chi connectivity index (χ1) is 10.7. The summed E-state index contributed by atoms with van der Waals surface area (Å²) in [5.41, 5.74) is 1.73. The number of hydrogen-bond acceptors (Lipinski definition) is 2. The van der Waals surface area contributed by atoms with Gasteiger partial charge in [0, 0.05) is 12.8 Å². The molecule has 120 valence electrons. The third-order valence-corrected chi connectivity index (χ3v) is 3.48. The van der Waals surface area contributed by atoms with Crippen LogP contribution in [0.1, 0.15) is 74.2 Å². The van der Waals surface area contributed by atoms with E-state index in [2.05, 4.69) is 18.8 Å². The molecular formula is C20H28O2. The summed E-state index contributed by atoms with van der Waals surface area (Å²) >= 11 is 0. The molecule has 0 radical (unpaired) electrons. The maximum Gasteiger partial charge on any atom is 0.338 e. The van der Waals surface area contributed by atoms with E-state index in [9.17, 15) is 4.79 Å². The molecule has 0 aliphatic carbocycles. The number of benzene rings is 1. The van der Waals surface area contributed by atoms with Crippen molar-refractivity contribution in [2.45, 2.75) is 65.2 Å². The lowest BCUT2D eigenvalue weighted by Crippen LogP contribution is -2.06. The van der Waals surface area contributed by atoms with Crippen LogP contribution in [0.2, 0.25) is 0 Å². The highest BCUT2D eigenvalue weighted by atomic mass is 16.5. The van der Waals surface area contributed by atoms with Gasteiger partial charge in [0.05, 0.1) is 12.2 Å². The van der Waals surface area contributed by atoms with Gasteiger partial charge in [-0.15, -0.1) is 11.8 Å². The Kier molecular flexibility index (Phi) is 9.87. The molecule has 2 nitrogen and oxygen atoms in total. The number of carbonyl (C=O) groups excluding carboxylic acids is 1.